The number of nitrogens with zero attached hydrogens (tertiary/aromatic N) is 3. The zero-order chi connectivity index (χ0) is 22.9. The lowest BCUT2D eigenvalue weighted by atomic mass is 9.98. The van der Waals surface area contributed by atoms with Crippen molar-refractivity contribution < 1.29 is 18.7 Å². The Morgan fingerprint density at radius 3 is 2.64 bits per heavy atom. The van der Waals surface area contributed by atoms with Crippen LogP contribution in [0.5, 0.6) is 11.6 Å². The summed E-state index contributed by atoms with van der Waals surface area (Å²) in [6, 6.07) is 15.7. The van der Waals surface area contributed by atoms with Gasteiger partial charge in [-0.1, -0.05) is 12.1 Å². The normalized spacial score (nSPS) is 12.6. The number of ether oxygens (including phenoxy) is 2. The van der Waals surface area contributed by atoms with Gasteiger partial charge in [0.05, 0.1) is 30.7 Å². The predicted octanol–water partition coefficient (Wildman–Crippen LogP) is 4.45. The Hall–Kier alpha value is -4.20. The number of aromatic nitrogens is 3. The number of carbonyl (C=O) groups excluding carboxylic acids is 1. The number of anilines is 1. The number of fused-ring (bicyclic) bond motifs is 1. The van der Waals surface area contributed by atoms with Crippen LogP contribution in [0.25, 0.3) is 22.4 Å². The van der Waals surface area contributed by atoms with Crippen LogP contribution in [0, 0.1) is 12.7 Å². The summed E-state index contributed by atoms with van der Waals surface area (Å²) in [6.07, 6.45) is 1.75. The van der Waals surface area contributed by atoms with Crippen LogP contribution in [0.2, 0.25) is 0 Å². The summed E-state index contributed by atoms with van der Waals surface area (Å²) in [5.41, 5.74) is 5.79. The minimum absolute atomic E-state index is 0.0000329. The largest absolute Gasteiger partial charge is 0.482 e. The monoisotopic (exact) mass is 444 g/mol. The first kappa shape index (κ1) is 20.7. The maximum Gasteiger partial charge on any atom is 0.262 e. The summed E-state index contributed by atoms with van der Waals surface area (Å²) in [5.74, 6) is 0.651. The van der Waals surface area contributed by atoms with Crippen LogP contribution in [0.4, 0.5) is 10.1 Å². The van der Waals surface area contributed by atoms with Crippen LogP contribution in [-0.2, 0) is 11.3 Å². The molecule has 1 aliphatic heterocycles. The Kier molecular flexibility index (Phi) is 5.26. The zero-order valence-electron chi connectivity index (χ0n) is 18.1. The summed E-state index contributed by atoms with van der Waals surface area (Å²) >= 11 is 0. The Morgan fingerprint density at radius 2 is 1.91 bits per heavy atom. The Labute approximate surface area is 189 Å². The van der Waals surface area contributed by atoms with Crippen LogP contribution in [0.1, 0.15) is 11.3 Å². The fourth-order valence-electron chi connectivity index (χ4n) is 3.98. The lowest BCUT2D eigenvalue weighted by Gasteiger charge is -2.19. The molecule has 7 nitrogen and oxygen atoms in total. The number of carbonyl (C=O) groups is 1. The Bertz CT molecular complexity index is 1330. The second-order valence-corrected chi connectivity index (χ2v) is 7.73. The molecule has 0 bridgehead atoms. The van der Waals surface area contributed by atoms with Crippen molar-refractivity contribution in [1.29, 1.82) is 0 Å². The van der Waals surface area contributed by atoms with Crippen molar-refractivity contribution in [2.24, 2.45) is 0 Å². The predicted molar refractivity (Wildman–Crippen MR) is 122 cm³/mol. The molecule has 8 heteroatoms. The maximum absolute atomic E-state index is 13.7. The van der Waals surface area contributed by atoms with Crippen LogP contribution in [0.3, 0.4) is 0 Å². The van der Waals surface area contributed by atoms with E-state index in [1.807, 2.05) is 35.9 Å². The highest BCUT2D eigenvalue weighted by Crippen LogP contribution is 2.39. The Morgan fingerprint density at radius 1 is 1.12 bits per heavy atom. The first-order chi connectivity index (χ1) is 16.0. The average molecular weight is 444 g/mol. The van der Waals surface area contributed by atoms with Gasteiger partial charge in [0.1, 0.15) is 11.6 Å². The van der Waals surface area contributed by atoms with E-state index in [1.54, 1.807) is 31.5 Å². The highest BCUT2D eigenvalue weighted by molar-refractivity contribution is 5.97. The van der Waals surface area contributed by atoms with Crippen LogP contribution in [-0.4, -0.2) is 34.4 Å². The van der Waals surface area contributed by atoms with Crippen LogP contribution < -0.4 is 14.8 Å². The molecule has 0 spiro atoms. The van der Waals surface area contributed by atoms with E-state index in [1.165, 1.54) is 12.1 Å². The molecular weight excluding hydrogens is 423 g/mol. The third-order valence-corrected chi connectivity index (χ3v) is 5.49. The first-order valence-electron chi connectivity index (χ1n) is 10.4. The Balaban J connectivity index is 1.64. The second-order valence-electron chi connectivity index (χ2n) is 7.73. The number of nitrogens with one attached hydrogen (secondary N) is 1. The third kappa shape index (κ3) is 4.03. The van der Waals surface area contributed by atoms with Crippen molar-refractivity contribution in [3.63, 3.8) is 0 Å². The molecule has 0 aliphatic carbocycles. The van der Waals surface area contributed by atoms with Crippen molar-refractivity contribution in [2.45, 2.75) is 13.5 Å². The van der Waals surface area contributed by atoms with Crippen LogP contribution >= 0.6 is 0 Å². The van der Waals surface area contributed by atoms with E-state index >= 15 is 0 Å². The number of hydrogen-bond acceptors (Lipinski definition) is 5. The minimum atomic E-state index is -0.309. The highest BCUT2D eigenvalue weighted by Gasteiger charge is 2.22. The number of aryl methyl sites for hydroxylation is 1. The molecule has 4 aromatic rings. The van der Waals surface area contributed by atoms with Gasteiger partial charge in [-0.25, -0.2) is 9.37 Å². The fraction of sp³-hybridized carbons (Fsp3) is 0.160. The number of halogens is 1. The molecule has 0 saturated carbocycles. The van der Waals surface area contributed by atoms with Gasteiger partial charge in [-0.15, -0.1) is 0 Å². The second kappa shape index (κ2) is 8.38. The quantitative estimate of drug-likeness (QED) is 0.492. The van der Waals surface area contributed by atoms with E-state index in [0.29, 0.717) is 23.9 Å². The molecule has 0 unspecified atom stereocenters. The molecule has 0 atom stereocenters. The van der Waals surface area contributed by atoms with Gasteiger partial charge in [-0.2, -0.15) is 5.10 Å². The molecule has 5 rings (SSSR count). The number of pyridine rings is 1. The first-order valence-corrected chi connectivity index (χ1v) is 10.4. The molecule has 33 heavy (non-hydrogen) atoms. The summed E-state index contributed by atoms with van der Waals surface area (Å²) in [5, 5.41) is 7.65. The van der Waals surface area contributed by atoms with Gasteiger partial charge in [0.15, 0.2) is 6.61 Å². The highest BCUT2D eigenvalue weighted by atomic mass is 19.1. The molecular formula is C25H21FN4O3. The van der Waals surface area contributed by atoms with Gasteiger partial charge in [0.25, 0.3) is 5.91 Å². The lowest BCUT2D eigenvalue weighted by molar-refractivity contribution is -0.118. The SMILES string of the molecule is COc1ccc(Cn2nc(C)c(-c3ccc4c(c3)NC(=O)CO4)c2-c2ccc(F)cc2)cn1. The van der Waals surface area contributed by atoms with E-state index < -0.39 is 0 Å². The molecule has 2 aromatic heterocycles. The van der Waals surface area contributed by atoms with Gasteiger partial charge in [0.2, 0.25) is 5.88 Å². The number of methoxy groups -OCH3 is 1. The molecule has 2 aromatic carbocycles. The van der Waals surface area contributed by atoms with Gasteiger partial charge < -0.3 is 14.8 Å². The van der Waals surface area contributed by atoms with Crippen molar-refractivity contribution in [3.05, 3.63) is 77.9 Å². The molecule has 0 saturated heterocycles. The molecule has 166 valence electrons. The molecule has 0 radical (unpaired) electrons. The van der Waals surface area contributed by atoms with Crippen molar-refractivity contribution in [3.8, 4) is 34.0 Å². The molecule has 3 heterocycles. The van der Waals surface area contributed by atoms with Gasteiger partial charge >= 0.3 is 0 Å². The van der Waals surface area contributed by atoms with Crippen LogP contribution in [0.15, 0.2) is 60.8 Å². The number of amides is 1. The molecule has 1 N–H and O–H groups in total. The van der Waals surface area contributed by atoms with E-state index in [0.717, 1.165) is 33.6 Å². The number of benzene rings is 2. The molecule has 0 fully saturated rings. The zero-order valence-corrected chi connectivity index (χ0v) is 18.1. The average Bonchev–Trinajstić information content (AvgIpc) is 3.15. The van der Waals surface area contributed by atoms with E-state index in [-0.39, 0.29) is 18.3 Å². The van der Waals surface area contributed by atoms with Crippen molar-refractivity contribution in [1.82, 2.24) is 14.8 Å². The summed E-state index contributed by atoms with van der Waals surface area (Å²) < 4.78 is 26.2. The number of rotatable bonds is 5. The topological polar surface area (TPSA) is 78.3 Å². The summed E-state index contributed by atoms with van der Waals surface area (Å²) in [6.45, 7) is 2.40. The molecule has 1 aliphatic rings. The maximum atomic E-state index is 13.7. The van der Waals surface area contributed by atoms with Gasteiger partial charge in [0, 0.05) is 23.4 Å². The third-order valence-electron chi connectivity index (χ3n) is 5.49. The lowest BCUT2D eigenvalue weighted by Crippen LogP contribution is -2.25. The molecule has 1 amide bonds. The number of hydrogen-bond donors (Lipinski definition) is 1. The minimum Gasteiger partial charge on any atom is -0.482 e. The van der Waals surface area contributed by atoms with Gasteiger partial charge in [-0.05, 0) is 54.4 Å². The van der Waals surface area contributed by atoms with Crippen molar-refractivity contribution >= 4 is 11.6 Å². The smallest absolute Gasteiger partial charge is 0.262 e. The summed E-state index contributed by atoms with van der Waals surface area (Å²) in [7, 11) is 1.57. The summed E-state index contributed by atoms with van der Waals surface area (Å²) in [4.78, 5) is 16.1. The standard InChI is InChI=1S/C25H21FN4O3/c1-15-24(18-6-9-21-20(11-18)28-22(31)14-33-21)25(17-4-7-19(26)8-5-17)30(29-15)13-16-3-10-23(32-2)27-12-16/h3-12H,13-14H2,1-2H3,(H,28,31). The fourth-order valence-corrected chi connectivity index (χ4v) is 3.98. The van der Waals surface area contributed by atoms with E-state index in [9.17, 15) is 9.18 Å². The van der Waals surface area contributed by atoms with E-state index in [4.69, 9.17) is 14.6 Å². The van der Waals surface area contributed by atoms with E-state index in [2.05, 4.69) is 10.3 Å². The van der Waals surface area contributed by atoms with Crippen molar-refractivity contribution in [2.75, 3.05) is 19.0 Å². The van der Waals surface area contributed by atoms with Gasteiger partial charge in [-0.3, -0.25) is 9.48 Å².